The Hall–Kier alpha value is -1.34. The molecule has 0 aliphatic carbocycles. The third-order valence-electron chi connectivity index (χ3n) is 6.14. The molecule has 11 nitrogen and oxygen atoms in total. The minimum absolute atomic E-state index is 0.00621. The molecule has 3 saturated heterocycles. The quantitative estimate of drug-likeness (QED) is 0.210. The number of carboxylic acid groups (broad SMARTS) is 1. The zero-order valence-electron chi connectivity index (χ0n) is 20.1. The summed E-state index contributed by atoms with van der Waals surface area (Å²) in [5.41, 5.74) is 5.87. The molecule has 0 unspecified atom stereocenters. The molecular formula is C22H46N8O3. The smallest absolute Gasteiger partial charge is 0.303 e. The SMILES string of the molecule is NC12CNCCCNCC(NC(=O)CCCC(=O)O)(CNCCCNC1)CNCCCNC2. The maximum atomic E-state index is 12.7. The predicted octanol–water partition coefficient (Wildman–Crippen LogP) is -2.47. The summed E-state index contributed by atoms with van der Waals surface area (Å²) in [7, 11) is 0. The summed E-state index contributed by atoms with van der Waals surface area (Å²) in [6.45, 7) is 9.26. The third kappa shape index (κ3) is 12.1. The standard InChI is InChI=1S/C22H46N8O3/c23-21-13-24-7-2-10-27-16-22(17-28-11-3-8-25-14-21,18-29-12-4-9-26-15-21)30-19(31)5-1-6-20(32)33/h24-29H,1-18,23H2,(H,30,31)(H,32,33). The molecule has 3 fully saturated rings. The molecule has 2 bridgehead atoms. The van der Waals surface area contributed by atoms with E-state index >= 15 is 0 Å². The van der Waals surface area contributed by atoms with Crippen LogP contribution in [0.2, 0.25) is 0 Å². The number of nitrogens with two attached hydrogens (primary N) is 1. The van der Waals surface area contributed by atoms with Crippen LogP contribution in [0.1, 0.15) is 38.5 Å². The normalized spacial score (nSPS) is 29.6. The van der Waals surface area contributed by atoms with Crippen molar-refractivity contribution in [2.75, 3.05) is 78.5 Å². The van der Waals surface area contributed by atoms with Gasteiger partial charge in [0.05, 0.1) is 11.1 Å². The van der Waals surface area contributed by atoms with E-state index in [2.05, 4.69) is 37.2 Å². The Morgan fingerprint density at radius 2 is 1.09 bits per heavy atom. The van der Waals surface area contributed by atoms with E-state index in [-0.39, 0.29) is 24.3 Å². The van der Waals surface area contributed by atoms with Crippen molar-refractivity contribution >= 4 is 11.9 Å². The van der Waals surface area contributed by atoms with Gasteiger partial charge in [0.1, 0.15) is 0 Å². The Morgan fingerprint density at radius 1 is 0.697 bits per heavy atom. The first-order valence-electron chi connectivity index (χ1n) is 12.5. The molecular weight excluding hydrogens is 424 g/mol. The van der Waals surface area contributed by atoms with Gasteiger partial charge in [0, 0.05) is 52.1 Å². The van der Waals surface area contributed by atoms with Crippen molar-refractivity contribution in [2.45, 2.75) is 49.6 Å². The predicted molar refractivity (Wildman–Crippen MR) is 130 cm³/mol. The highest BCUT2D eigenvalue weighted by molar-refractivity contribution is 5.77. The van der Waals surface area contributed by atoms with E-state index in [1.807, 2.05) is 0 Å². The molecule has 1 amide bonds. The number of rotatable bonds is 5. The number of carbonyl (C=O) groups excluding carboxylic acids is 1. The second kappa shape index (κ2) is 15.5. The van der Waals surface area contributed by atoms with Crippen molar-refractivity contribution in [1.29, 1.82) is 0 Å². The van der Waals surface area contributed by atoms with Gasteiger partial charge in [-0.05, 0) is 65.0 Å². The molecule has 0 radical (unpaired) electrons. The average Bonchev–Trinajstić information content (AvgIpc) is 2.75. The molecule has 0 spiro atoms. The summed E-state index contributed by atoms with van der Waals surface area (Å²) in [6, 6.07) is 0. The lowest BCUT2D eigenvalue weighted by molar-refractivity contribution is -0.137. The summed E-state index contributed by atoms with van der Waals surface area (Å²) in [5.74, 6) is -0.974. The van der Waals surface area contributed by atoms with Crippen molar-refractivity contribution in [1.82, 2.24) is 37.2 Å². The molecule has 0 saturated carbocycles. The fourth-order valence-electron chi connectivity index (χ4n) is 4.28. The number of nitrogens with one attached hydrogen (secondary N) is 7. The van der Waals surface area contributed by atoms with E-state index in [4.69, 9.17) is 10.8 Å². The lowest BCUT2D eigenvalue weighted by Gasteiger charge is -2.37. The van der Waals surface area contributed by atoms with E-state index in [0.29, 0.717) is 26.1 Å². The largest absolute Gasteiger partial charge is 0.481 e. The number of amides is 1. The summed E-state index contributed by atoms with van der Waals surface area (Å²) < 4.78 is 0. The second-order valence-electron chi connectivity index (χ2n) is 9.56. The van der Waals surface area contributed by atoms with Crippen LogP contribution in [0.25, 0.3) is 0 Å². The molecule has 192 valence electrons. The molecule has 10 N–H and O–H groups in total. The molecule has 0 aromatic heterocycles. The first-order valence-corrected chi connectivity index (χ1v) is 12.5. The third-order valence-corrected chi connectivity index (χ3v) is 6.14. The van der Waals surface area contributed by atoms with Gasteiger partial charge in [-0.2, -0.15) is 0 Å². The van der Waals surface area contributed by atoms with Gasteiger partial charge in [-0.1, -0.05) is 0 Å². The average molecular weight is 471 g/mol. The Kier molecular flexibility index (Phi) is 13.1. The van der Waals surface area contributed by atoms with Gasteiger partial charge >= 0.3 is 5.97 Å². The van der Waals surface area contributed by atoms with Crippen molar-refractivity contribution in [3.8, 4) is 0 Å². The first-order chi connectivity index (χ1) is 15.9. The molecule has 11 heteroatoms. The van der Waals surface area contributed by atoms with Crippen LogP contribution in [0.4, 0.5) is 0 Å². The monoisotopic (exact) mass is 470 g/mol. The highest BCUT2D eigenvalue weighted by atomic mass is 16.4. The molecule has 33 heavy (non-hydrogen) atoms. The number of hydrogen-bond acceptors (Lipinski definition) is 9. The maximum absolute atomic E-state index is 12.7. The minimum Gasteiger partial charge on any atom is -0.481 e. The van der Waals surface area contributed by atoms with E-state index in [1.54, 1.807) is 0 Å². The van der Waals surface area contributed by atoms with Crippen LogP contribution in [0, 0.1) is 0 Å². The zero-order valence-corrected chi connectivity index (χ0v) is 20.1. The molecule has 3 heterocycles. The Labute approximate surface area is 198 Å². The number of hydrogen-bond donors (Lipinski definition) is 9. The fraction of sp³-hybridized carbons (Fsp3) is 0.909. The minimum atomic E-state index is -0.872. The van der Waals surface area contributed by atoms with Crippen LogP contribution in [-0.2, 0) is 9.59 Å². The molecule has 0 atom stereocenters. The molecule has 3 aliphatic rings. The Balaban J connectivity index is 2.09. The van der Waals surface area contributed by atoms with Gasteiger partial charge in [-0.15, -0.1) is 0 Å². The van der Waals surface area contributed by atoms with Crippen LogP contribution in [-0.4, -0.2) is 107 Å². The lowest BCUT2D eigenvalue weighted by Crippen LogP contribution is -2.65. The van der Waals surface area contributed by atoms with Crippen molar-refractivity contribution < 1.29 is 14.7 Å². The van der Waals surface area contributed by atoms with Crippen molar-refractivity contribution in [3.05, 3.63) is 0 Å². The van der Waals surface area contributed by atoms with E-state index in [9.17, 15) is 9.59 Å². The van der Waals surface area contributed by atoms with Gasteiger partial charge in [0.2, 0.25) is 5.91 Å². The van der Waals surface area contributed by atoms with Gasteiger partial charge in [-0.3, -0.25) is 9.59 Å². The highest BCUT2D eigenvalue weighted by Gasteiger charge is 2.31. The van der Waals surface area contributed by atoms with Gasteiger partial charge in [0.15, 0.2) is 0 Å². The summed E-state index contributed by atoms with van der Waals surface area (Å²) >= 11 is 0. The number of carboxylic acids is 1. The van der Waals surface area contributed by atoms with Crippen LogP contribution in [0.3, 0.4) is 0 Å². The highest BCUT2D eigenvalue weighted by Crippen LogP contribution is 2.06. The van der Waals surface area contributed by atoms with Crippen molar-refractivity contribution in [3.63, 3.8) is 0 Å². The van der Waals surface area contributed by atoms with Gasteiger partial charge in [0.25, 0.3) is 0 Å². The van der Waals surface area contributed by atoms with E-state index in [0.717, 1.165) is 78.2 Å². The van der Waals surface area contributed by atoms with Crippen LogP contribution in [0.5, 0.6) is 0 Å². The lowest BCUT2D eigenvalue weighted by atomic mass is 9.97. The first kappa shape index (κ1) is 27.9. The summed E-state index contributed by atoms with van der Waals surface area (Å²) in [6.07, 6.45) is 3.44. The van der Waals surface area contributed by atoms with E-state index < -0.39 is 11.5 Å². The number of aliphatic carboxylic acids is 1. The Morgan fingerprint density at radius 3 is 1.48 bits per heavy atom. The fourth-order valence-corrected chi connectivity index (χ4v) is 4.28. The van der Waals surface area contributed by atoms with Gasteiger partial charge < -0.3 is 48.1 Å². The molecule has 0 aromatic carbocycles. The summed E-state index contributed by atoms with van der Waals surface area (Å²) in [5, 5.41) is 33.2. The van der Waals surface area contributed by atoms with Crippen LogP contribution < -0.4 is 43.0 Å². The van der Waals surface area contributed by atoms with Crippen LogP contribution in [0.15, 0.2) is 0 Å². The maximum Gasteiger partial charge on any atom is 0.303 e. The molecule has 3 aliphatic heterocycles. The summed E-state index contributed by atoms with van der Waals surface area (Å²) in [4.78, 5) is 23.5. The van der Waals surface area contributed by atoms with Crippen molar-refractivity contribution in [2.24, 2.45) is 5.73 Å². The Bertz CT molecular complexity index is 530. The molecule has 3 rings (SSSR count). The topological polar surface area (TPSA) is 165 Å². The number of fused-ring (bicyclic) bond motifs is 18. The van der Waals surface area contributed by atoms with E-state index in [1.165, 1.54) is 0 Å². The number of carbonyl (C=O) groups is 2. The van der Waals surface area contributed by atoms with Gasteiger partial charge in [-0.25, -0.2) is 0 Å². The molecule has 0 aromatic rings. The second-order valence-corrected chi connectivity index (χ2v) is 9.56. The zero-order chi connectivity index (χ0) is 23.8. The van der Waals surface area contributed by atoms with Crippen LogP contribution >= 0.6 is 0 Å².